The highest BCUT2D eigenvalue weighted by molar-refractivity contribution is 6.53. The topological polar surface area (TPSA) is 36.9 Å². The van der Waals surface area contributed by atoms with Crippen molar-refractivity contribution in [3.8, 4) is 0 Å². The Morgan fingerprint density at radius 3 is 1.93 bits per heavy atom. The summed E-state index contributed by atoms with van der Waals surface area (Å²) in [7, 11) is -1.69. The molecule has 0 amide bonds. The monoisotopic (exact) mass is 252 g/mol. The molecule has 0 saturated heterocycles. The van der Waals surface area contributed by atoms with Gasteiger partial charge in [-0.1, -0.05) is 0 Å². The molecule has 4 nitrogen and oxygen atoms in total. The fourth-order valence-corrected chi connectivity index (χ4v) is 2.08. The van der Waals surface area contributed by atoms with E-state index >= 15 is 0 Å². The Bertz CT molecular complexity index is 173. The zero-order chi connectivity index (χ0) is 11.9. The molecule has 0 aliphatic heterocycles. The number of halogens is 4. The van der Waals surface area contributed by atoms with Gasteiger partial charge in [-0.2, -0.15) is 13.2 Å². The Balaban J connectivity index is 4.23. The van der Waals surface area contributed by atoms with Gasteiger partial charge in [0.15, 0.2) is 0 Å². The maximum absolute atomic E-state index is 11.8. The molecule has 0 atom stereocenters. The van der Waals surface area contributed by atoms with Crippen LogP contribution in [0.2, 0.25) is 0 Å². The average Bonchev–Trinajstić information content (AvgIpc) is 2.18. The molecule has 0 spiro atoms. The number of alkyl halides is 4. The van der Waals surface area contributed by atoms with E-state index in [9.17, 15) is 17.6 Å². The second-order valence-corrected chi connectivity index (χ2v) is 4.74. The van der Waals surface area contributed by atoms with Crippen LogP contribution in [0, 0.1) is 0 Å². The van der Waals surface area contributed by atoms with E-state index in [4.69, 9.17) is 0 Å². The van der Waals surface area contributed by atoms with E-state index in [1.54, 1.807) is 0 Å². The van der Waals surface area contributed by atoms with Crippen molar-refractivity contribution in [2.45, 2.75) is 6.18 Å². The SMILES string of the molecule is CO[Si](OC)(OCCF)OCC(F)(F)F. The van der Waals surface area contributed by atoms with Crippen molar-refractivity contribution in [3.63, 3.8) is 0 Å². The Labute approximate surface area is 85.6 Å². The smallest absolute Gasteiger partial charge is 0.355 e. The van der Waals surface area contributed by atoms with Crippen LogP contribution in [0.25, 0.3) is 0 Å². The molecule has 0 aliphatic carbocycles. The van der Waals surface area contributed by atoms with Crippen LogP contribution in [-0.2, 0) is 17.7 Å². The molecule has 9 heteroatoms. The molecule has 0 unspecified atom stereocenters. The first-order valence-corrected chi connectivity index (χ1v) is 5.53. The van der Waals surface area contributed by atoms with Crippen LogP contribution < -0.4 is 0 Å². The predicted molar refractivity (Wildman–Crippen MR) is 43.7 cm³/mol. The van der Waals surface area contributed by atoms with E-state index in [1.165, 1.54) is 0 Å². The lowest BCUT2D eigenvalue weighted by Gasteiger charge is -2.24. The van der Waals surface area contributed by atoms with Crippen molar-refractivity contribution in [2.24, 2.45) is 0 Å². The Morgan fingerprint density at radius 2 is 1.60 bits per heavy atom. The first-order valence-electron chi connectivity index (χ1n) is 3.90. The maximum Gasteiger partial charge on any atom is 0.679 e. The minimum absolute atomic E-state index is 0.439. The van der Waals surface area contributed by atoms with Gasteiger partial charge in [-0.25, -0.2) is 4.39 Å². The summed E-state index contributed by atoms with van der Waals surface area (Å²) in [5.41, 5.74) is 0. The van der Waals surface area contributed by atoms with Crippen molar-refractivity contribution in [3.05, 3.63) is 0 Å². The molecule has 0 fully saturated rings. The van der Waals surface area contributed by atoms with E-state index in [-0.39, 0.29) is 0 Å². The minimum atomic E-state index is -4.52. The zero-order valence-corrected chi connectivity index (χ0v) is 9.27. The normalized spacial score (nSPS) is 13.2. The van der Waals surface area contributed by atoms with Crippen LogP contribution in [-0.4, -0.2) is 49.3 Å². The van der Waals surface area contributed by atoms with Crippen LogP contribution in [0.3, 0.4) is 0 Å². The predicted octanol–water partition coefficient (Wildman–Crippen LogP) is 1.28. The molecule has 0 radical (unpaired) electrons. The molecule has 0 aromatic carbocycles. The third kappa shape index (κ3) is 6.05. The third-order valence-corrected chi connectivity index (χ3v) is 3.32. The first kappa shape index (κ1) is 14.8. The molecule has 0 heterocycles. The van der Waals surface area contributed by atoms with E-state index in [2.05, 4.69) is 17.7 Å². The van der Waals surface area contributed by atoms with Crippen LogP contribution in [0.15, 0.2) is 0 Å². The average molecular weight is 252 g/mol. The molecule has 0 saturated carbocycles. The lowest BCUT2D eigenvalue weighted by Crippen LogP contribution is -2.49. The van der Waals surface area contributed by atoms with Gasteiger partial charge in [0, 0.05) is 14.2 Å². The fourth-order valence-electron chi connectivity index (χ4n) is 0.694. The minimum Gasteiger partial charge on any atom is -0.355 e. The third-order valence-electron chi connectivity index (χ3n) is 1.27. The number of hydrogen-bond acceptors (Lipinski definition) is 4. The molecular weight excluding hydrogens is 240 g/mol. The summed E-state index contributed by atoms with van der Waals surface area (Å²) in [5, 5.41) is 0. The molecule has 15 heavy (non-hydrogen) atoms. The van der Waals surface area contributed by atoms with E-state index in [0.717, 1.165) is 14.2 Å². The van der Waals surface area contributed by atoms with Gasteiger partial charge in [-0.05, 0) is 0 Å². The van der Waals surface area contributed by atoms with Gasteiger partial charge in [0.25, 0.3) is 0 Å². The van der Waals surface area contributed by atoms with Gasteiger partial charge in [0.2, 0.25) is 0 Å². The van der Waals surface area contributed by atoms with Gasteiger partial charge in [-0.3, -0.25) is 0 Å². The van der Waals surface area contributed by atoms with E-state index in [0.29, 0.717) is 0 Å². The van der Waals surface area contributed by atoms with Crippen LogP contribution in [0.5, 0.6) is 0 Å². The summed E-state index contributed by atoms with van der Waals surface area (Å²) in [6.07, 6.45) is -4.52. The summed E-state index contributed by atoms with van der Waals surface area (Å²) in [5.74, 6) is 0. The van der Waals surface area contributed by atoms with E-state index < -0.39 is 35.1 Å². The van der Waals surface area contributed by atoms with Gasteiger partial charge in [-0.15, -0.1) is 0 Å². The molecular formula is C6H12F4O4Si. The second-order valence-electron chi connectivity index (χ2n) is 2.35. The highest BCUT2D eigenvalue weighted by Crippen LogP contribution is 2.19. The summed E-state index contributed by atoms with van der Waals surface area (Å²) in [6, 6.07) is 0. The summed E-state index contributed by atoms with van der Waals surface area (Å²) >= 11 is 0. The Morgan fingerprint density at radius 1 is 1.07 bits per heavy atom. The quantitative estimate of drug-likeness (QED) is 0.505. The van der Waals surface area contributed by atoms with E-state index in [1.807, 2.05) is 0 Å². The summed E-state index contributed by atoms with van der Waals surface area (Å²) in [4.78, 5) is 0. The number of rotatable bonds is 7. The number of hydrogen-bond donors (Lipinski definition) is 0. The summed E-state index contributed by atoms with van der Waals surface area (Å²) < 4.78 is 65.5. The van der Waals surface area contributed by atoms with Gasteiger partial charge >= 0.3 is 15.2 Å². The molecule has 0 aliphatic rings. The van der Waals surface area contributed by atoms with Crippen molar-refractivity contribution >= 4 is 9.05 Å². The molecule has 0 N–H and O–H groups in total. The Kier molecular flexibility index (Phi) is 6.28. The van der Waals surface area contributed by atoms with Crippen molar-refractivity contribution in [1.29, 1.82) is 0 Å². The highest BCUT2D eigenvalue weighted by atomic mass is 28.4. The largest absolute Gasteiger partial charge is 0.679 e. The fraction of sp³-hybridized carbons (Fsp3) is 1.00. The molecule has 92 valence electrons. The van der Waals surface area contributed by atoms with Crippen LogP contribution in [0.4, 0.5) is 17.6 Å². The van der Waals surface area contributed by atoms with Crippen LogP contribution in [0.1, 0.15) is 0 Å². The van der Waals surface area contributed by atoms with Gasteiger partial charge in [0.05, 0.1) is 6.61 Å². The molecule has 0 bridgehead atoms. The standard InChI is InChI=1S/C6H12F4O4Si/c1-11-15(12-2,13-4-3-7)14-5-6(8,9)10/h3-5H2,1-2H3. The van der Waals surface area contributed by atoms with Gasteiger partial charge < -0.3 is 17.7 Å². The van der Waals surface area contributed by atoms with Crippen molar-refractivity contribution < 1.29 is 35.3 Å². The molecule has 0 aromatic rings. The zero-order valence-electron chi connectivity index (χ0n) is 8.27. The van der Waals surface area contributed by atoms with Crippen LogP contribution >= 0.6 is 0 Å². The maximum atomic E-state index is 11.8. The highest BCUT2D eigenvalue weighted by Gasteiger charge is 2.46. The van der Waals surface area contributed by atoms with Crippen molar-refractivity contribution in [1.82, 2.24) is 0 Å². The molecule has 0 rings (SSSR count). The van der Waals surface area contributed by atoms with Crippen molar-refractivity contribution in [2.75, 3.05) is 34.1 Å². The Hall–Kier alpha value is -0.223. The first-order chi connectivity index (χ1) is 6.89. The summed E-state index contributed by atoms with van der Waals surface area (Å²) in [6.45, 7) is -2.87. The second kappa shape index (κ2) is 6.38. The molecule has 0 aromatic heterocycles. The lowest BCUT2D eigenvalue weighted by atomic mass is 10.7. The van der Waals surface area contributed by atoms with Gasteiger partial charge in [0.1, 0.15) is 13.3 Å². The lowest BCUT2D eigenvalue weighted by molar-refractivity contribution is -0.172.